The number of nitrogens with zero attached hydrogens (tertiary/aromatic N) is 1. The van der Waals surface area contributed by atoms with E-state index in [4.69, 9.17) is 4.42 Å². The third-order valence-corrected chi connectivity index (χ3v) is 2.17. The highest BCUT2D eigenvalue weighted by molar-refractivity contribution is 5.87. The third-order valence-electron chi connectivity index (χ3n) is 2.17. The summed E-state index contributed by atoms with van der Waals surface area (Å²) in [6.45, 7) is 0. The molecule has 2 aromatic rings. The lowest BCUT2D eigenvalue weighted by Gasteiger charge is -1.92. The Labute approximate surface area is 108 Å². The summed E-state index contributed by atoms with van der Waals surface area (Å²) in [4.78, 5) is 15.9. The fraction of sp³-hybridized carbons (Fsp3) is 0. The van der Waals surface area contributed by atoms with E-state index < -0.39 is 5.97 Å². The molecule has 5 heteroatoms. The van der Waals surface area contributed by atoms with E-state index >= 15 is 0 Å². The molecule has 0 aliphatic heterocycles. The molecule has 0 spiro atoms. The van der Waals surface area contributed by atoms with E-state index in [0.717, 1.165) is 0 Å². The number of furan rings is 1. The fourth-order valence-corrected chi connectivity index (χ4v) is 1.26. The Balaban J connectivity index is 1.85. The zero-order chi connectivity index (χ0) is 13.5. The molecule has 0 bridgehead atoms. The number of halogens is 1. The quantitative estimate of drug-likeness (QED) is 0.367. The molecule has 1 heterocycles. The third kappa shape index (κ3) is 4.23. The summed E-state index contributed by atoms with van der Waals surface area (Å²) >= 11 is 0. The summed E-state index contributed by atoms with van der Waals surface area (Å²) in [6.07, 6.45) is 7.02. The summed E-state index contributed by atoms with van der Waals surface area (Å²) in [7, 11) is 0. The predicted molar refractivity (Wildman–Crippen MR) is 67.8 cm³/mol. The molecule has 0 N–H and O–H groups in total. The standard InChI is InChI=1S/C14H10FNO3/c15-13-4-1-11(2-5-13)3-6-14(17)19-16-9-12-7-8-18-10-12/h1-10H/b6-3+,16-9+. The Bertz CT molecular complexity index is 586. The highest BCUT2D eigenvalue weighted by Crippen LogP contribution is 2.04. The number of hydrogen-bond donors (Lipinski definition) is 0. The first-order chi connectivity index (χ1) is 9.24. The van der Waals surface area contributed by atoms with Crippen LogP contribution in [0.4, 0.5) is 4.39 Å². The molecule has 2 rings (SSSR count). The van der Waals surface area contributed by atoms with Crippen molar-refractivity contribution in [2.75, 3.05) is 0 Å². The summed E-state index contributed by atoms with van der Waals surface area (Å²) in [5, 5.41) is 3.49. The van der Waals surface area contributed by atoms with Gasteiger partial charge in [0, 0.05) is 11.6 Å². The number of hydrogen-bond acceptors (Lipinski definition) is 4. The van der Waals surface area contributed by atoms with Crippen LogP contribution in [-0.4, -0.2) is 12.2 Å². The second-order valence-electron chi connectivity index (χ2n) is 3.59. The highest BCUT2D eigenvalue weighted by atomic mass is 19.1. The topological polar surface area (TPSA) is 51.8 Å². The first-order valence-corrected chi connectivity index (χ1v) is 5.44. The molecule has 0 atom stereocenters. The number of rotatable bonds is 4. The molecule has 0 radical (unpaired) electrons. The van der Waals surface area contributed by atoms with Gasteiger partial charge in [0.1, 0.15) is 5.82 Å². The van der Waals surface area contributed by atoms with Crippen molar-refractivity contribution >= 4 is 18.3 Å². The number of carbonyl (C=O) groups excluding carboxylic acids is 1. The van der Waals surface area contributed by atoms with Gasteiger partial charge < -0.3 is 9.25 Å². The van der Waals surface area contributed by atoms with Crippen LogP contribution in [0, 0.1) is 5.82 Å². The lowest BCUT2D eigenvalue weighted by atomic mass is 10.2. The van der Waals surface area contributed by atoms with Crippen molar-refractivity contribution in [2.45, 2.75) is 0 Å². The lowest BCUT2D eigenvalue weighted by molar-refractivity contribution is -0.137. The van der Waals surface area contributed by atoms with Gasteiger partial charge in [-0.2, -0.15) is 0 Å². The van der Waals surface area contributed by atoms with E-state index in [1.807, 2.05) is 0 Å². The summed E-state index contributed by atoms with van der Waals surface area (Å²) in [6, 6.07) is 7.39. The smallest absolute Gasteiger partial charge is 0.358 e. The Morgan fingerprint density at radius 1 is 1.21 bits per heavy atom. The summed E-state index contributed by atoms with van der Waals surface area (Å²) < 4.78 is 17.5. The normalized spacial score (nSPS) is 11.2. The van der Waals surface area contributed by atoms with Crippen LogP contribution in [0.1, 0.15) is 11.1 Å². The van der Waals surface area contributed by atoms with Crippen molar-refractivity contribution in [3.05, 3.63) is 65.9 Å². The zero-order valence-corrected chi connectivity index (χ0v) is 9.82. The van der Waals surface area contributed by atoms with E-state index in [-0.39, 0.29) is 5.82 Å². The first kappa shape index (κ1) is 12.8. The average molecular weight is 259 g/mol. The van der Waals surface area contributed by atoms with Crippen molar-refractivity contribution in [3.8, 4) is 0 Å². The van der Waals surface area contributed by atoms with Gasteiger partial charge in [-0.1, -0.05) is 17.3 Å². The van der Waals surface area contributed by atoms with Crippen molar-refractivity contribution in [1.82, 2.24) is 0 Å². The first-order valence-electron chi connectivity index (χ1n) is 5.44. The Kier molecular flexibility index (Phi) is 4.23. The molecule has 0 aliphatic rings. The van der Waals surface area contributed by atoms with E-state index in [2.05, 4.69) is 9.99 Å². The zero-order valence-electron chi connectivity index (χ0n) is 9.82. The van der Waals surface area contributed by atoms with Gasteiger partial charge in [0.15, 0.2) is 0 Å². The van der Waals surface area contributed by atoms with Gasteiger partial charge in [-0.15, -0.1) is 0 Å². The second-order valence-corrected chi connectivity index (χ2v) is 3.59. The molecule has 0 unspecified atom stereocenters. The van der Waals surface area contributed by atoms with Crippen LogP contribution in [0.2, 0.25) is 0 Å². The molecule has 19 heavy (non-hydrogen) atoms. The van der Waals surface area contributed by atoms with Crippen LogP contribution >= 0.6 is 0 Å². The molecule has 0 fully saturated rings. The Morgan fingerprint density at radius 2 is 2.00 bits per heavy atom. The maximum Gasteiger partial charge on any atom is 0.358 e. The Hall–Kier alpha value is -2.69. The monoisotopic (exact) mass is 259 g/mol. The average Bonchev–Trinajstić information content (AvgIpc) is 2.91. The predicted octanol–water partition coefficient (Wildman–Crippen LogP) is 3.01. The van der Waals surface area contributed by atoms with Gasteiger partial charge in [-0.05, 0) is 29.8 Å². The largest absolute Gasteiger partial charge is 0.472 e. The summed E-state index contributed by atoms with van der Waals surface area (Å²) in [5.74, 6) is -0.950. The maximum atomic E-state index is 12.6. The van der Waals surface area contributed by atoms with Gasteiger partial charge in [0.2, 0.25) is 0 Å². The van der Waals surface area contributed by atoms with E-state index in [1.54, 1.807) is 18.2 Å². The van der Waals surface area contributed by atoms with Gasteiger partial charge in [0.05, 0.1) is 18.7 Å². The SMILES string of the molecule is O=C(/C=C/c1ccc(F)cc1)O/N=C/c1ccoc1. The van der Waals surface area contributed by atoms with E-state index in [9.17, 15) is 9.18 Å². The van der Waals surface area contributed by atoms with Crippen LogP contribution in [-0.2, 0) is 9.63 Å². The van der Waals surface area contributed by atoms with E-state index in [0.29, 0.717) is 11.1 Å². The van der Waals surface area contributed by atoms with E-state index in [1.165, 1.54) is 43.0 Å². The molecule has 0 saturated heterocycles. The molecule has 0 saturated carbocycles. The molecular weight excluding hydrogens is 249 g/mol. The van der Waals surface area contributed by atoms with Crippen molar-refractivity contribution < 1.29 is 18.4 Å². The molecule has 4 nitrogen and oxygen atoms in total. The fourth-order valence-electron chi connectivity index (χ4n) is 1.26. The van der Waals surface area contributed by atoms with Gasteiger partial charge in [0.25, 0.3) is 0 Å². The number of oxime groups is 1. The van der Waals surface area contributed by atoms with Crippen LogP contribution in [0.3, 0.4) is 0 Å². The molecule has 96 valence electrons. The number of benzene rings is 1. The van der Waals surface area contributed by atoms with Crippen LogP contribution in [0.5, 0.6) is 0 Å². The number of carbonyl (C=O) groups is 1. The minimum absolute atomic E-state index is 0.329. The van der Waals surface area contributed by atoms with Crippen molar-refractivity contribution in [1.29, 1.82) is 0 Å². The van der Waals surface area contributed by atoms with Crippen molar-refractivity contribution in [3.63, 3.8) is 0 Å². The molecule has 0 aliphatic carbocycles. The molecule has 1 aromatic heterocycles. The minimum Gasteiger partial charge on any atom is -0.472 e. The van der Waals surface area contributed by atoms with Gasteiger partial charge in [-0.3, -0.25) is 0 Å². The van der Waals surface area contributed by atoms with Crippen LogP contribution in [0.15, 0.2) is 58.5 Å². The van der Waals surface area contributed by atoms with Crippen LogP contribution < -0.4 is 0 Å². The van der Waals surface area contributed by atoms with Crippen molar-refractivity contribution in [2.24, 2.45) is 5.16 Å². The second kappa shape index (κ2) is 6.30. The molecule has 0 amide bonds. The highest BCUT2D eigenvalue weighted by Gasteiger charge is 1.96. The van der Waals surface area contributed by atoms with Gasteiger partial charge in [-0.25, -0.2) is 9.18 Å². The van der Waals surface area contributed by atoms with Gasteiger partial charge >= 0.3 is 5.97 Å². The lowest BCUT2D eigenvalue weighted by Crippen LogP contribution is -1.94. The molecular formula is C14H10FNO3. The van der Waals surface area contributed by atoms with Crippen LogP contribution in [0.25, 0.3) is 6.08 Å². The minimum atomic E-state index is -0.621. The summed E-state index contributed by atoms with van der Waals surface area (Å²) in [5.41, 5.74) is 1.38. The Morgan fingerprint density at radius 3 is 2.68 bits per heavy atom. The maximum absolute atomic E-state index is 12.6. The molecule has 1 aromatic carbocycles.